The summed E-state index contributed by atoms with van der Waals surface area (Å²) in [5, 5.41) is 4.00. The van der Waals surface area contributed by atoms with Crippen molar-refractivity contribution >= 4 is 17.5 Å². The largest absolute Gasteiger partial charge is 0.483 e. The lowest BCUT2D eigenvalue weighted by molar-refractivity contribution is -0.131. The SMILES string of the molecule is CCN(C)C(=O)COc1cccc(Cl)c1CNCC(C)C. The molecule has 4 nitrogen and oxygen atoms in total. The first kappa shape index (κ1) is 17.8. The van der Waals surface area contributed by atoms with Crippen LogP contribution in [0.4, 0.5) is 0 Å². The minimum absolute atomic E-state index is 0.0296. The van der Waals surface area contributed by atoms with E-state index in [1.165, 1.54) is 0 Å². The molecule has 1 aromatic rings. The van der Waals surface area contributed by atoms with Crippen molar-refractivity contribution in [2.45, 2.75) is 27.3 Å². The molecule has 1 rings (SSSR count). The maximum Gasteiger partial charge on any atom is 0.260 e. The van der Waals surface area contributed by atoms with Crippen molar-refractivity contribution < 1.29 is 9.53 Å². The highest BCUT2D eigenvalue weighted by atomic mass is 35.5. The molecule has 0 aliphatic heterocycles. The van der Waals surface area contributed by atoms with Crippen LogP contribution < -0.4 is 10.1 Å². The monoisotopic (exact) mass is 312 g/mol. The molecule has 21 heavy (non-hydrogen) atoms. The van der Waals surface area contributed by atoms with Crippen molar-refractivity contribution in [2.24, 2.45) is 5.92 Å². The Labute approximate surface area is 132 Å². The Balaban J connectivity index is 2.68. The summed E-state index contributed by atoms with van der Waals surface area (Å²) in [4.78, 5) is 13.4. The molecule has 5 heteroatoms. The zero-order valence-corrected chi connectivity index (χ0v) is 14.0. The van der Waals surface area contributed by atoms with Gasteiger partial charge in [-0.05, 0) is 31.5 Å². The van der Waals surface area contributed by atoms with Gasteiger partial charge in [0.1, 0.15) is 5.75 Å². The number of rotatable bonds is 8. The van der Waals surface area contributed by atoms with E-state index in [4.69, 9.17) is 16.3 Å². The summed E-state index contributed by atoms with van der Waals surface area (Å²) in [6, 6.07) is 5.51. The fourth-order valence-corrected chi connectivity index (χ4v) is 1.99. The first-order chi connectivity index (χ1) is 9.95. The Morgan fingerprint density at radius 3 is 2.76 bits per heavy atom. The number of carbonyl (C=O) groups excluding carboxylic acids is 1. The van der Waals surface area contributed by atoms with Crippen LogP contribution in [-0.4, -0.2) is 37.6 Å². The van der Waals surface area contributed by atoms with Crippen LogP contribution in [0.3, 0.4) is 0 Å². The summed E-state index contributed by atoms with van der Waals surface area (Å²) < 4.78 is 5.64. The number of hydrogen-bond acceptors (Lipinski definition) is 3. The molecule has 0 aliphatic rings. The number of nitrogens with zero attached hydrogens (tertiary/aromatic N) is 1. The molecule has 0 saturated carbocycles. The third-order valence-corrected chi connectivity index (χ3v) is 3.54. The number of halogens is 1. The minimum atomic E-state index is -0.0430. The molecular formula is C16H25ClN2O2. The van der Waals surface area contributed by atoms with E-state index < -0.39 is 0 Å². The molecule has 0 bridgehead atoms. The lowest BCUT2D eigenvalue weighted by atomic mass is 10.1. The van der Waals surface area contributed by atoms with Crippen LogP contribution in [0.25, 0.3) is 0 Å². The van der Waals surface area contributed by atoms with Gasteiger partial charge in [0, 0.05) is 30.7 Å². The molecule has 118 valence electrons. The van der Waals surface area contributed by atoms with Crippen LogP contribution in [0.5, 0.6) is 5.75 Å². The summed E-state index contributed by atoms with van der Waals surface area (Å²) in [5.74, 6) is 1.19. The number of amides is 1. The lowest BCUT2D eigenvalue weighted by Gasteiger charge is -2.17. The standard InChI is InChI=1S/C16H25ClN2O2/c1-5-19(4)16(20)11-21-15-8-6-7-14(17)13(15)10-18-9-12(2)3/h6-8,12,18H,5,9-11H2,1-4H3. The highest BCUT2D eigenvalue weighted by Gasteiger charge is 2.12. The van der Waals surface area contributed by atoms with Gasteiger partial charge >= 0.3 is 0 Å². The van der Waals surface area contributed by atoms with Gasteiger partial charge in [0.25, 0.3) is 5.91 Å². The molecular weight excluding hydrogens is 288 g/mol. The fraction of sp³-hybridized carbons (Fsp3) is 0.562. The number of benzene rings is 1. The van der Waals surface area contributed by atoms with E-state index in [1.54, 1.807) is 11.9 Å². The van der Waals surface area contributed by atoms with Crippen molar-refractivity contribution in [2.75, 3.05) is 26.7 Å². The van der Waals surface area contributed by atoms with Gasteiger partial charge in [-0.15, -0.1) is 0 Å². The third-order valence-electron chi connectivity index (χ3n) is 3.18. The van der Waals surface area contributed by atoms with Crippen molar-refractivity contribution in [3.8, 4) is 5.75 Å². The van der Waals surface area contributed by atoms with Crippen molar-refractivity contribution in [3.63, 3.8) is 0 Å². The van der Waals surface area contributed by atoms with Crippen LogP contribution in [0, 0.1) is 5.92 Å². The van der Waals surface area contributed by atoms with Gasteiger partial charge in [0.05, 0.1) is 0 Å². The second-order valence-corrected chi connectivity index (χ2v) is 5.85. The van der Waals surface area contributed by atoms with Crippen LogP contribution in [0.1, 0.15) is 26.3 Å². The van der Waals surface area contributed by atoms with Gasteiger partial charge < -0.3 is 15.0 Å². The first-order valence-corrected chi connectivity index (χ1v) is 7.68. The Hall–Kier alpha value is -1.26. The molecule has 0 fully saturated rings. The van der Waals surface area contributed by atoms with Gasteiger partial charge in [0.2, 0.25) is 0 Å². The third kappa shape index (κ3) is 5.94. The molecule has 0 aromatic heterocycles. The second-order valence-electron chi connectivity index (χ2n) is 5.44. The van der Waals surface area contributed by atoms with Crippen LogP contribution >= 0.6 is 11.6 Å². The number of nitrogens with one attached hydrogen (secondary N) is 1. The number of ether oxygens (including phenoxy) is 1. The topological polar surface area (TPSA) is 41.6 Å². The van der Waals surface area contributed by atoms with E-state index in [1.807, 2.05) is 25.1 Å². The van der Waals surface area contributed by atoms with Crippen LogP contribution in [0.2, 0.25) is 5.02 Å². The Kier molecular flexibility index (Phi) is 7.54. The normalized spacial score (nSPS) is 10.8. The van der Waals surface area contributed by atoms with Crippen LogP contribution in [-0.2, 0) is 11.3 Å². The number of likely N-dealkylation sites (N-methyl/N-ethyl adjacent to an activating group) is 1. The van der Waals surface area contributed by atoms with E-state index in [0.29, 0.717) is 29.8 Å². The van der Waals surface area contributed by atoms with Crippen molar-refractivity contribution in [3.05, 3.63) is 28.8 Å². The summed E-state index contributed by atoms with van der Waals surface area (Å²) in [5.41, 5.74) is 0.895. The van der Waals surface area contributed by atoms with Crippen molar-refractivity contribution in [1.82, 2.24) is 10.2 Å². The molecule has 1 N–H and O–H groups in total. The first-order valence-electron chi connectivity index (χ1n) is 7.30. The molecule has 0 aliphatic carbocycles. The average Bonchev–Trinajstić information content (AvgIpc) is 2.45. The molecule has 0 radical (unpaired) electrons. The molecule has 0 heterocycles. The smallest absolute Gasteiger partial charge is 0.260 e. The Morgan fingerprint density at radius 1 is 1.43 bits per heavy atom. The highest BCUT2D eigenvalue weighted by Crippen LogP contribution is 2.26. The van der Waals surface area contributed by atoms with Gasteiger partial charge in [-0.1, -0.05) is 31.5 Å². The van der Waals surface area contributed by atoms with E-state index in [-0.39, 0.29) is 12.5 Å². The summed E-state index contributed by atoms with van der Waals surface area (Å²) >= 11 is 6.23. The fourth-order valence-electron chi connectivity index (χ4n) is 1.76. The van der Waals surface area contributed by atoms with E-state index in [9.17, 15) is 4.79 Å². The zero-order valence-electron chi connectivity index (χ0n) is 13.3. The summed E-state index contributed by atoms with van der Waals surface area (Å²) in [7, 11) is 1.76. The molecule has 0 atom stereocenters. The van der Waals surface area contributed by atoms with E-state index in [0.717, 1.165) is 12.1 Å². The Morgan fingerprint density at radius 2 is 2.14 bits per heavy atom. The second kappa shape index (κ2) is 8.90. The average molecular weight is 313 g/mol. The highest BCUT2D eigenvalue weighted by molar-refractivity contribution is 6.31. The summed E-state index contributed by atoms with van der Waals surface area (Å²) in [6.45, 7) is 8.46. The predicted molar refractivity (Wildman–Crippen MR) is 86.8 cm³/mol. The minimum Gasteiger partial charge on any atom is -0.483 e. The van der Waals surface area contributed by atoms with E-state index >= 15 is 0 Å². The molecule has 0 unspecified atom stereocenters. The maximum atomic E-state index is 11.8. The summed E-state index contributed by atoms with van der Waals surface area (Å²) in [6.07, 6.45) is 0. The Bertz CT molecular complexity index is 464. The molecule has 1 amide bonds. The predicted octanol–water partition coefficient (Wildman–Crippen LogP) is 2.94. The maximum absolute atomic E-state index is 11.8. The number of hydrogen-bond donors (Lipinski definition) is 1. The molecule has 0 saturated heterocycles. The van der Waals surface area contributed by atoms with Crippen LogP contribution in [0.15, 0.2) is 18.2 Å². The van der Waals surface area contributed by atoms with Crippen molar-refractivity contribution in [1.29, 1.82) is 0 Å². The number of carbonyl (C=O) groups is 1. The van der Waals surface area contributed by atoms with Gasteiger partial charge in [-0.3, -0.25) is 4.79 Å². The lowest BCUT2D eigenvalue weighted by Crippen LogP contribution is -2.31. The van der Waals surface area contributed by atoms with Gasteiger partial charge in [-0.25, -0.2) is 0 Å². The van der Waals surface area contributed by atoms with E-state index in [2.05, 4.69) is 19.2 Å². The van der Waals surface area contributed by atoms with Gasteiger partial charge in [0.15, 0.2) is 6.61 Å². The molecule has 0 spiro atoms. The zero-order chi connectivity index (χ0) is 15.8. The molecule has 1 aromatic carbocycles. The quantitative estimate of drug-likeness (QED) is 0.802. The van der Waals surface area contributed by atoms with Gasteiger partial charge in [-0.2, -0.15) is 0 Å².